The largest absolute Gasteiger partial charge is 6.00 e. The standard InChI is InChI=1S/2ClH.4H2N.Ru/h2*1H;4*1H2;/q;;4*-1;+6/p-2. The fourth-order valence-corrected chi connectivity index (χ4v) is 0. The zero-order chi connectivity index (χ0) is 0. The molecule has 4 nitrogen and oxygen atoms in total. The third-order valence-corrected chi connectivity index (χ3v) is 0. The van der Waals surface area contributed by atoms with E-state index in [0.717, 1.165) is 0 Å². The van der Waals surface area contributed by atoms with E-state index in [2.05, 4.69) is 0 Å². The average molecular weight is 236 g/mol. The van der Waals surface area contributed by atoms with Crippen molar-refractivity contribution >= 4 is 0 Å². The van der Waals surface area contributed by atoms with Gasteiger partial charge in [0.1, 0.15) is 0 Å². The minimum absolute atomic E-state index is 0. The van der Waals surface area contributed by atoms with Gasteiger partial charge in [0.2, 0.25) is 0 Å². The molecule has 8 N–H and O–H groups in total. The van der Waals surface area contributed by atoms with Crippen molar-refractivity contribution < 1.29 is 44.3 Å². The molecule has 0 fully saturated rings. The molecule has 7 heavy (non-hydrogen) atoms. The summed E-state index contributed by atoms with van der Waals surface area (Å²) in [6.45, 7) is 0. The van der Waals surface area contributed by atoms with Gasteiger partial charge < -0.3 is 49.4 Å². The maximum absolute atomic E-state index is 0. The van der Waals surface area contributed by atoms with Crippen LogP contribution in [-0.2, 0) is 19.5 Å². The number of hydrogen-bond acceptors (Lipinski definition) is 0. The molecule has 0 aromatic rings. The summed E-state index contributed by atoms with van der Waals surface area (Å²) in [4.78, 5) is 0. The quantitative estimate of drug-likeness (QED) is 0.393. The molecular weight excluding hydrogens is 228 g/mol. The molecule has 0 amide bonds. The summed E-state index contributed by atoms with van der Waals surface area (Å²) in [6.07, 6.45) is 0. The van der Waals surface area contributed by atoms with Gasteiger partial charge in [-0.2, -0.15) is 0 Å². The van der Waals surface area contributed by atoms with Gasteiger partial charge >= 0.3 is 19.5 Å². The molecule has 0 aliphatic rings. The van der Waals surface area contributed by atoms with Crippen LogP contribution in [0.3, 0.4) is 0 Å². The molecule has 0 heterocycles. The molecule has 0 rings (SSSR count). The maximum Gasteiger partial charge on any atom is 6.00 e. The van der Waals surface area contributed by atoms with Crippen LogP contribution < -0.4 is 24.8 Å². The predicted molar refractivity (Wildman–Crippen MR) is 21.1 cm³/mol. The van der Waals surface area contributed by atoms with Crippen molar-refractivity contribution in [2.24, 2.45) is 0 Å². The molecule has 0 aliphatic carbocycles. The van der Waals surface area contributed by atoms with Crippen molar-refractivity contribution in [2.75, 3.05) is 0 Å². The van der Waals surface area contributed by atoms with Gasteiger partial charge in [-0.15, -0.1) is 0 Å². The van der Waals surface area contributed by atoms with Gasteiger partial charge in [-0.25, -0.2) is 0 Å². The fourth-order valence-electron chi connectivity index (χ4n) is 0. The van der Waals surface area contributed by atoms with Crippen LogP contribution in [0, 0.1) is 0 Å². The van der Waals surface area contributed by atoms with Gasteiger partial charge in [0.15, 0.2) is 0 Å². The molecule has 0 saturated heterocycles. The molecule has 0 bridgehead atoms. The third-order valence-electron chi connectivity index (χ3n) is 0. The average Bonchev–Trinajstić information content (AvgIpc) is 0. The van der Waals surface area contributed by atoms with E-state index in [0.29, 0.717) is 0 Å². The van der Waals surface area contributed by atoms with Crippen LogP contribution in [0.1, 0.15) is 0 Å². The Labute approximate surface area is 69.1 Å². The minimum Gasteiger partial charge on any atom is -1.00 e. The number of nitrogens with two attached hydrogens (primary N) is 4. The van der Waals surface area contributed by atoms with Crippen LogP contribution in [0.2, 0.25) is 0 Å². The van der Waals surface area contributed by atoms with Crippen molar-refractivity contribution in [3.63, 3.8) is 0 Å². The second-order valence-corrected chi connectivity index (χ2v) is 0. The van der Waals surface area contributed by atoms with Gasteiger partial charge in [-0.1, -0.05) is 0 Å². The zero-order valence-corrected chi connectivity index (χ0v) is 6.67. The molecule has 0 spiro atoms. The van der Waals surface area contributed by atoms with Gasteiger partial charge in [-0.05, 0) is 0 Å². The van der Waals surface area contributed by atoms with Crippen LogP contribution in [0.15, 0.2) is 0 Å². The third kappa shape index (κ3) is 165. The number of rotatable bonds is 0. The van der Waals surface area contributed by atoms with Gasteiger partial charge in [-0.3, -0.25) is 0 Å². The Morgan fingerprint density at radius 3 is 0.429 bits per heavy atom. The van der Waals surface area contributed by atoms with Crippen molar-refractivity contribution in [2.45, 2.75) is 0 Å². The Bertz CT molecular complexity index is 9.65. The van der Waals surface area contributed by atoms with Crippen LogP contribution in [0.5, 0.6) is 0 Å². The van der Waals surface area contributed by atoms with Crippen LogP contribution in [-0.4, -0.2) is 0 Å². The summed E-state index contributed by atoms with van der Waals surface area (Å²) in [5, 5.41) is 0. The minimum atomic E-state index is 0. The zero-order valence-electron chi connectivity index (χ0n) is 3.42. The fraction of sp³-hybridized carbons (Fsp3) is 0. The smallest absolute Gasteiger partial charge is 1.00 e. The van der Waals surface area contributed by atoms with E-state index in [1.54, 1.807) is 0 Å². The van der Waals surface area contributed by atoms with E-state index in [1.807, 2.05) is 0 Å². The van der Waals surface area contributed by atoms with Gasteiger partial charge in [0.05, 0.1) is 0 Å². The summed E-state index contributed by atoms with van der Waals surface area (Å²) in [7, 11) is 0. The van der Waals surface area contributed by atoms with Crippen molar-refractivity contribution in [1.82, 2.24) is 0 Å². The van der Waals surface area contributed by atoms with E-state index in [1.165, 1.54) is 0 Å². The van der Waals surface area contributed by atoms with Crippen molar-refractivity contribution in [3.8, 4) is 0 Å². The Hall–Kier alpha value is 1.04. The van der Waals surface area contributed by atoms with E-state index in [-0.39, 0.29) is 68.9 Å². The number of hydrogen-bond donors (Lipinski definition) is 0. The first-order valence-corrected chi connectivity index (χ1v) is 0. The molecule has 0 unspecified atom stereocenters. The van der Waals surface area contributed by atoms with Crippen LogP contribution in [0.4, 0.5) is 0 Å². The molecule has 0 aromatic carbocycles. The summed E-state index contributed by atoms with van der Waals surface area (Å²) in [5.74, 6) is 0. The predicted octanol–water partition coefficient (Wildman–Crippen LogP) is -3.13. The normalized spacial score (nSPS) is 0. The molecule has 0 aromatic heterocycles. The molecule has 0 atom stereocenters. The van der Waals surface area contributed by atoms with Crippen molar-refractivity contribution in [1.29, 1.82) is 0 Å². The molecule has 0 aliphatic heterocycles. The van der Waals surface area contributed by atoms with E-state index >= 15 is 0 Å². The van der Waals surface area contributed by atoms with Gasteiger partial charge in [0, 0.05) is 0 Å². The molecule has 0 radical (unpaired) electrons. The molecule has 0 saturated carbocycles. The monoisotopic (exact) mass is 236 g/mol. The van der Waals surface area contributed by atoms with E-state index in [4.69, 9.17) is 0 Å². The van der Waals surface area contributed by atoms with E-state index < -0.39 is 0 Å². The molecule has 7 heteroatoms. The summed E-state index contributed by atoms with van der Waals surface area (Å²) < 4.78 is 0. The first kappa shape index (κ1) is 367. The molecule has 50 valence electrons. The summed E-state index contributed by atoms with van der Waals surface area (Å²) in [6, 6.07) is 0. The maximum atomic E-state index is 0. The van der Waals surface area contributed by atoms with Crippen LogP contribution in [0.25, 0.3) is 24.6 Å². The first-order valence-electron chi connectivity index (χ1n) is 0. The second kappa shape index (κ2) is 236. The van der Waals surface area contributed by atoms with E-state index in [9.17, 15) is 0 Å². The topological polar surface area (TPSA) is 134 Å². The summed E-state index contributed by atoms with van der Waals surface area (Å²) in [5.41, 5.74) is 0. The Morgan fingerprint density at radius 2 is 0.429 bits per heavy atom. The second-order valence-electron chi connectivity index (χ2n) is 0. The summed E-state index contributed by atoms with van der Waals surface area (Å²) >= 11 is 0. The Kier molecular flexibility index (Phi) is 12400. The molecular formula is H8Cl2N4Ru. The first-order chi connectivity index (χ1) is 0. The van der Waals surface area contributed by atoms with Crippen molar-refractivity contribution in [3.05, 3.63) is 24.6 Å². The Morgan fingerprint density at radius 1 is 0.429 bits per heavy atom. The Balaban J connectivity index is 0. The number of halogens is 2. The SMILES string of the molecule is [Cl-].[Cl-].[NH2-].[NH2-].[NH2-].[NH2-].[Ru+6]. The van der Waals surface area contributed by atoms with Crippen LogP contribution >= 0.6 is 0 Å². The van der Waals surface area contributed by atoms with Gasteiger partial charge in [0.25, 0.3) is 0 Å².